The van der Waals surface area contributed by atoms with Crippen LogP contribution < -0.4 is 9.47 Å². The highest BCUT2D eigenvalue weighted by Crippen LogP contribution is 2.46. The van der Waals surface area contributed by atoms with Crippen molar-refractivity contribution >= 4 is 23.2 Å². The summed E-state index contributed by atoms with van der Waals surface area (Å²) in [6, 6.07) is 4.22. The van der Waals surface area contributed by atoms with Gasteiger partial charge in [-0.15, -0.1) is 5.10 Å². The lowest BCUT2D eigenvalue weighted by atomic mass is 9.94. The third-order valence-corrected chi connectivity index (χ3v) is 4.75. The van der Waals surface area contributed by atoms with Gasteiger partial charge >= 0.3 is 0 Å². The van der Waals surface area contributed by atoms with Crippen molar-refractivity contribution in [2.45, 2.75) is 6.92 Å². The standard InChI is InChI=1S/C19H13Cl2F3N2O2/c1-8-15(11-6-10(27-2)7-14(28-3)18(11)20)17(19(21)26-25-8)16-12(23)4-9(22)5-13(16)24/h4-7H,1-3H3. The predicted molar refractivity (Wildman–Crippen MR) is 101 cm³/mol. The molecule has 2 aromatic carbocycles. The second-order valence-corrected chi connectivity index (χ2v) is 6.50. The molecule has 0 saturated carbocycles. The van der Waals surface area contributed by atoms with Gasteiger partial charge in [-0.05, 0) is 13.0 Å². The van der Waals surface area contributed by atoms with E-state index in [1.165, 1.54) is 14.2 Å². The van der Waals surface area contributed by atoms with Gasteiger partial charge in [-0.2, -0.15) is 5.10 Å². The van der Waals surface area contributed by atoms with Gasteiger partial charge in [0.15, 0.2) is 5.15 Å². The van der Waals surface area contributed by atoms with Gasteiger partial charge in [0, 0.05) is 34.9 Å². The number of aromatic nitrogens is 2. The van der Waals surface area contributed by atoms with E-state index in [2.05, 4.69) is 10.2 Å². The molecule has 1 aromatic heterocycles. The van der Waals surface area contributed by atoms with Crippen LogP contribution in [-0.4, -0.2) is 24.4 Å². The van der Waals surface area contributed by atoms with Crippen molar-refractivity contribution in [2.24, 2.45) is 0 Å². The molecule has 9 heteroatoms. The quantitative estimate of drug-likeness (QED) is 0.521. The van der Waals surface area contributed by atoms with Crippen LogP contribution in [0.5, 0.6) is 11.5 Å². The molecule has 0 aliphatic rings. The monoisotopic (exact) mass is 428 g/mol. The van der Waals surface area contributed by atoms with Crippen LogP contribution in [0, 0.1) is 24.4 Å². The predicted octanol–water partition coefficient (Wildman–Crippen LogP) is 5.86. The maximum absolute atomic E-state index is 14.5. The molecular formula is C19H13Cl2F3N2O2. The van der Waals surface area contributed by atoms with Crippen LogP contribution in [0.1, 0.15) is 5.69 Å². The summed E-state index contributed by atoms with van der Waals surface area (Å²) in [5.74, 6) is -2.68. The highest BCUT2D eigenvalue weighted by atomic mass is 35.5. The Morgan fingerprint density at radius 3 is 2.04 bits per heavy atom. The Morgan fingerprint density at radius 2 is 1.46 bits per heavy atom. The summed E-state index contributed by atoms with van der Waals surface area (Å²) < 4.78 is 52.9. The van der Waals surface area contributed by atoms with Crippen LogP contribution in [0.3, 0.4) is 0 Å². The lowest BCUT2D eigenvalue weighted by molar-refractivity contribution is 0.395. The molecule has 0 saturated heterocycles. The molecule has 0 aliphatic heterocycles. The van der Waals surface area contributed by atoms with Crippen molar-refractivity contribution in [3.63, 3.8) is 0 Å². The van der Waals surface area contributed by atoms with Gasteiger partial charge in [0.2, 0.25) is 0 Å². The summed E-state index contributed by atoms with van der Waals surface area (Å²) in [5, 5.41) is 7.55. The maximum atomic E-state index is 14.5. The van der Waals surface area contributed by atoms with E-state index in [1.54, 1.807) is 19.1 Å². The molecule has 0 unspecified atom stereocenters. The van der Waals surface area contributed by atoms with Gasteiger partial charge in [0.05, 0.1) is 30.5 Å². The Bertz CT molecular complexity index is 1050. The van der Waals surface area contributed by atoms with E-state index in [4.69, 9.17) is 32.7 Å². The summed E-state index contributed by atoms with van der Waals surface area (Å²) in [4.78, 5) is 0. The molecule has 0 bridgehead atoms. The van der Waals surface area contributed by atoms with Gasteiger partial charge in [0.1, 0.15) is 29.0 Å². The fourth-order valence-electron chi connectivity index (χ4n) is 2.86. The number of nitrogens with zero attached hydrogens (tertiary/aromatic N) is 2. The fourth-order valence-corrected chi connectivity index (χ4v) is 3.37. The van der Waals surface area contributed by atoms with Gasteiger partial charge in [0.25, 0.3) is 0 Å². The van der Waals surface area contributed by atoms with Crippen LogP contribution >= 0.6 is 23.2 Å². The minimum Gasteiger partial charge on any atom is -0.497 e. The average Bonchev–Trinajstić information content (AvgIpc) is 2.64. The number of aryl methyl sites for hydroxylation is 1. The first kappa shape index (κ1) is 20.2. The van der Waals surface area contributed by atoms with E-state index in [0.717, 1.165) is 0 Å². The van der Waals surface area contributed by atoms with Gasteiger partial charge in [-0.1, -0.05) is 23.2 Å². The number of hydrogen-bond donors (Lipinski definition) is 0. The molecule has 0 aliphatic carbocycles. The van der Waals surface area contributed by atoms with E-state index in [0.29, 0.717) is 29.1 Å². The molecule has 3 rings (SSSR count). The first-order chi connectivity index (χ1) is 13.3. The van der Waals surface area contributed by atoms with Gasteiger partial charge < -0.3 is 9.47 Å². The third kappa shape index (κ3) is 3.47. The largest absolute Gasteiger partial charge is 0.497 e. The number of hydrogen-bond acceptors (Lipinski definition) is 4. The van der Waals surface area contributed by atoms with Crippen molar-refractivity contribution in [3.05, 3.63) is 57.6 Å². The minimum atomic E-state index is -1.14. The molecule has 0 N–H and O–H groups in total. The summed E-state index contributed by atoms with van der Waals surface area (Å²) in [7, 11) is 2.85. The molecule has 0 radical (unpaired) electrons. The highest BCUT2D eigenvalue weighted by molar-refractivity contribution is 6.36. The lowest BCUT2D eigenvalue weighted by Crippen LogP contribution is -2.02. The Kier molecular flexibility index (Phi) is 5.67. The molecule has 0 atom stereocenters. The number of benzene rings is 2. The Labute approximate surface area is 168 Å². The second-order valence-electron chi connectivity index (χ2n) is 5.76. The second kappa shape index (κ2) is 7.85. The summed E-state index contributed by atoms with van der Waals surface area (Å²) >= 11 is 12.6. The highest BCUT2D eigenvalue weighted by Gasteiger charge is 2.26. The number of rotatable bonds is 4. The first-order valence-electron chi connectivity index (χ1n) is 7.88. The normalized spacial score (nSPS) is 10.9. The van der Waals surface area contributed by atoms with E-state index >= 15 is 0 Å². The van der Waals surface area contributed by atoms with Crippen molar-refractivity contribution < 1.29 is 22.6 Å². The molecule has 3 aromatic rings. The van der Waals surface area contributed by atoms with Crippen molar-refractivity contribution in [1.29, 1.82) is 0 Å². The minimum absolute atomic E-state index is 0.110. The SMILES string of the molecule is COc1cc(OC)c(Cl)c(-c2c(C)nnc(Cl)c2-c2c(F)cc(F)cc2F)c1. The Morgan fingerprint density at radius 1 is 0.821 bits per heavy atom. The molecule has 0 amide bonds. The molecule has 4 nitrogen and oxygen atoms in total. The summed E-state index contributed by atoms with van der Waals surface area (Å²) in [6.07, 6.45) is 0. The first-order valence-corrected chi connectivity index (χ1v) is 8.63. The average molecular weight is 429 g/mol. The van der Waals surface area contributed by atoms with E-state index in [9.17, 15) is 13.2 Å². The molecule has 28 heavy (non-hydrogen) atoms. The number of methoxy groups -OCH3 is 2. The zero-order chi connectivity index (χ0) is 20.6. The van der Waals surface area contributed by atoms with Crippen LogP contribution in [0.2, 0.25) is 10.2 Å². The summed E-state index contributed by atoms with van der Waals surface area (Å²) in [5.41, 5.74) is 0.162. The van der Waals surface area contributed by atoms with Crippen LogP contribution in [0.25, 0.3) is 22.3 Å². The Balaban J connectivity index is 2.45. The van der Waals surface area contributed by atoms with Crippen LogP contribution in [0.15, 0.2) is 24.3 Å². The van der Waals surface area contributed by atoms with E-state index in [-0.39, 0.29) is 27.1 Å². The summed E-state index contributed by atoms with van der Waals surface area (Å²) in [6.45, 7) is 1.57. The molecule has 1 heterocycles. The van der Waals surface area contributed by atoms with Gasteiger partial charge in [-0.3, -0.25) is 0 Å². The van der Waals surface area contributed by atoms with Gasteiger partial charge in [-0.25, -0.2) is 13.2 Å². The number of ether oxygens (including phenoxy) is 2. The topological polar surface area (TPSA) is 44.2 Å². The zero-order valence-corrected chi connectivity index (χ0v) is 16.4. The van der Waals surface area contributed by atoms with Crippen LogP contribution in [0.4, 0.5) is 13.2 Å². The fraction of sp³-hybridized carbons (Fsp3) is 0.158. The van der Waals surface area contributed by atoms with Crippen molar-refractivity contribution in [1.82, 2.24) is 10.2 Å². The molecule has 0 fully saturated rings. The maximum Gasteiger partial charge on any atom is 0.160 e. The smallest absolute Gasteiger partial charge is 0.160 e. The molecular weight excluding hydrogens is 416 g/mol. The van der Waals surface area contributed by atoms with Crippen molar-refractivity contribution in [3.8, 4) is 33.8 Å². The number of halogens is 5. The Hall–Kier alpha value is -2.51. The van der Waals surface area contributed by atoms with Crippen LogP contribution in [-0.2, 0) is 0 Å². The molecule has 0 spiro atoms. The zero-order valence-electron chi connectivity index (χ0n) is 14.9. The van der Waals surface area contributed by atoms with Crippen molar-refractivity contribution in [2.75, 3.05) is 14.2 Å². The third-order valence-electron chi connectivity index (χ3n) is 4.10. The van der Waals surface area contributed by atoms with E-state index < -0.39 is 23.0 Å². The lowest BCUT2D eigenvalue weighted by Gasteiger charge is -2.18. The molecule has 146 valence electrons. The van der Waals surface area contributed by atoms with E-state index in [1.807, 2.05) is 0 Å².